The molecular weight excluding hydrogens is 136 g/mol. The predicted molar refractivity (Wildman–Crippen MR) is 45.7 cm³/mol. The van der Waals surface area contributed by atoms with Crippen LogP contribution in [0.25, 0.3) is 0 Å². The standard InChI is InChI=1S/C9H17N2/c1-2-6-11(7-3-1)9-4-5-10-8-9/h9H,1-8H2/t9-/m0/s1. The summed E-state index contributed by atoms with van der Waals surface area (Å²) < 4.78 is 0. The first kappa shape index (κ1) is 7.56. The highest BCUT2D eigenvalue weighted by Crippen LogP contribution is 2.16. The Labute approximate surface area is 69.0 Å². The van der Waals surface area contributed by atoms with Crippen molar-refractivity contribution in [3.63, 3.8) is 0 Å². The van der Waals surface area contributed by atoms with Gasteiger partial charge < -0.3 is 0 Å². The summed E-state index contributed by atoms with van der Waals surface area (Å²) in [5.41, 5.74) is 0. The molecule has 63 valence electrons. The predicted octanol–water partition coefficient (Wildman–Crippen LogP) is 0.849. The summed E-state index contributed by atoms with van der Waals surface area (Å²) in [6.07, 6.45) is 5.59. The first-order chi connectivity index (χ1) is 5.47. The Morgan fingerprint density at radius 3 is 2.55 bits per heavy atom. The van der Waals surface area contributed by atoms with Crippen molar-refractivity contribution in [1.29, 1.82) is 0 Å². The van der Waals surface area contributed by atoms with Gasteiger partial charge in [0.25, 0.3) is 0 Å². The Morgan fingerprint density at radius 1 is 1.09 bits per heavy atom. The molecule has 2 aliphatic rings. The average molecular weight is 153 g/mol. The summed E-state index contributed by atoms with van der Waals surface area (Å²) in [6, 6.07) is 0.815. The molecule has 2 fully saturated rings. The van der Waals surface area contributed by atoms with Gasteiger partial charge in [0.05, 0.1) is 0 Å². The fraction of sp³-hybridized carbons (Fsp3) is 1.00. The van der Waals surface area contributed by atoms with Gasteiger partial charge >= 0.3 is 0 Å². The summed E-state index contributed by atoms with van der Waals surface area (Å²) in [6.45, 7) is 4.89. The van der Waals surface area contributed by atoms with Crippen LogP contribution in [-0.4, -0.2) is 37.1 Å². The lowest BCUT2D eigenvalue weighted by molar-refractivity contribution is 0.173. The van der Waals surface area contributed by atoms with E-state index in [0.717, 1.165) is 19.1 Å². The lowest BCUT2D eigenvalue weighted by atomic mass is 10.1. The highest BCUT2D eigenvalue weighted by molar-refractivity contribution is 4.81. The molecule has 0 aliphatic carbocycles. The first-order valence-corrected chi connectivity index (χ1v) is 4.84. The van der Waals surface area contributed by atoms with E-state index >= 15 is 0 Å². The summed E-state index contributed by atoms with van der Waals surface area (Å²) in [5.74, 6) is 0. The van der Waals surface area contributed by atoms with E-state index in [4.69, 9.17) is 0 Å². The van der Waals surface area contributed by atoms with Crippen LogP contribution in [0.4, 0.5) is 0 Å². The van der Waals surface area contributed by atoms with Gasteiger partial charge in [-0.1, -0.05) is 6.42 Å². The topological polar surface area (TPSA) is 17.3 Å². The van der Waals surface area contributed by atoms with Crippen molar-refractivity contribution < 1.29 is 0 Å². The SMILES string of the molecule is C1CCN([C@H]2CC[N]C2)CC1. The van der Waals surface area contributed by atoms with Crippen LogP contribution in [0, 0.1) is 0 Å². The van der Waals surface area contributed by atoms with Gasteiger partial charge in [-0.05, 0) is 32.4 Å². The quantitative estimate of drug-likeness (QED) is 0.546. The summed E-state index contributed by atoms with van der Waals surface area (Å²) in [4.78, 5) is 2.64. The van der Waals surface area contributed by atoms with Gasteiger partial charge in [-0.3, -0.25) is 4.90 Å². The largest absolute Gasteiger partial charge is 0.299 e. The number of rotatable bonds is 1. The Kier molecular flexibility index (Phi) is 2.44. The van der Waals surface area contributed by atoms with Crippen molar-refractivity contribution in [2.24, 2.45) is 0 Å². The Balaban J connectivity index is 1.82. The van der Waals surface area contributed by atoms with Crippen LogP contribution in [0.2, 0.25) is 0 Å². The lowest BCUT2D eigenvalue weighted by Crippen LogP contribution is -2.39. The van der Waals surface area contributed by atoms with Crippen molar-refractivity contribution in [2.45, 2.75) is 31.7 Å². The third-order valence-electron chi connectivity index (χ3n) is 2.87. The van der Waals surface area contributed by atoms with Crippen molar-refractivity contribution in [3.8, 4) is 0 Å². The maximum absolute atomic E-state index is 4.40. The Bertz CT molecular complexity index is 113. The van der Waals surface area contributed by atoms with Gasteiger partial charge in [0.1, 0.15) is 0 Å². The molecule has 0 bridgehead atoms. The second kappa shape index (κ2) is 3.55. The molecule has 2 heterocycles. The molecule has 0 aromatic heterocycles. The third kappa shape index (κ3) is 1.74. The zero-order chi connectivity index (χ0) is 7.52. The second-order valence-corrected chi connectivity index (χ2v) is 3.67. The van der Waals surface area contributed by atoms with Crippen LogP contribution in [0.15, 0.2) is 0 Å². The normalized spacial score (nSPS) is 34.4. The molecule has 0 amide bonds. The third-order valence-corrected chi connectivity index (χ3v) is 2.87. The van der Waals surface area contributed by atoms with Gasteiger partial charge in [-0.25, -0.2) is 5.32 Å². The maximum atomic E-state index is 4.40. The first-order valence-electron chi connectivity index (χ1n) is 4.84. The molecule has 2 nitrogen and oxygen atoms in total. The Hall–Kier alpha value is -0.0800. The fourth-order valence-electron chi connectivity index (χ4n) is 2.15. The second-order valence-electron chi connectivity index (χ2n) is 3.67. The minimum atomic E-state index is 0.815. The van der Waals surface area contributed by atoms with E-state index < -0.39 is 0 Å². The monoisotopic (exact) mass is 153 g/mol. The van der Waals surface area contributed by atoms with Crippen molar-refractivity contribution in [2.75, 3.05) is 26.2 Å². The molecule has 1 atom stereocenters. The molecule has 2 heteroatoms. The molecule has 2 rings (SSSR count). The molecule has 0 unspecified atom stereocenters. The van der Waals surface area contributed by atoms with Crippen LogP contribution in [-0.2, 0) is 0 Å². The minimum absolute atomic E-state index is 0.815. The molecule has 1 radical (unpaired) electrons. The highest BCUT2D eigenvalue weighted by atomic mass is 15.2. The minimum Gasteiger partial charge on any atom is -0.299 e. The van der Waals surface area contributed by atoms with Crippen LogP contribution < -0.4 is 5.32 Å². The lowest BCUT2D eigenvalue weighted by Gasteiger charge is -2.31. The number of likely N-dealkylation sites (tertiary alicyclic amines) is 1. The van der Waals surface area contributed by atoms with E-state index in [1.54, 1.807) is 0 Å². The van der Waals surface area contributed by atoms with E-state index in [1.807, 2.05) is 0 Å². The van der Waals surface area contributed by atoms with Crippen molar-refractivity contribution in [3.05, 3.63) is 0 Å². The molecular formula is C9H17N2. The van der Waals surface area contributed by atoms with E-state index in [9.17, 15) is 0 Å². The molecule has 0 saturated carbocycles. The van der Waals surface area contributed by atoms with E-state index in [2.05, 4.69) is 10.2 Å². The molecule has 0 aromatic carbocycles. The van der Waals surface area contributed by atoms with Gasteiger partial charge in [-0.2, -0.15) is 0 Å². The van der Waals surface area contributed by atoms with E-state index in [-0.39, 0.29) is 0 Å². The summed E-state index contributed by atoms with van der Waals surface area (Å²) in [7, 11) is 0. The molecule has 0 spiro atoms. The van der Waals surface area contributed by atoms with Crippen LogP contribution in [0.3, 0.4) is 0 Å². The van der Waals surface area contributed by atoms with Gasteiger partial charge in [0.15, 0.2) is 0 Å². The zero-order valence-corrected chi connectivity index (χ0v) is 7.13. The molecule has 11 heavy (non-hydrogen) atoms. The van der Waals surface area contributed by atoms with E-state index in [0.29, 0.717) is 0 Å². The number of hydrogen-bond donors (Lipinski definition) is 0. The number of piperidine rings is 1. The van der Waals surface area contributed by atoms with Crippen LogP contribution >= 0.6 is 0 Å². The number of nitrogens with zero attached hydrogens (tertiary/aromatic N) is 2. The average Bonchev–Trinajstić information content (AvgIpc) is 2.58. The van der Waals surface area contributed by atoms with Gasteiger partial charge in [0, 0.05) is 19.1 Å². The molecule has 0 N–H and O–H groups in total. The zero-order valence-electron chi connectivity index (χ0n) is 7.13. The highest BCUT2D eigenvalue weighted by Gasteiger charge is 2.23. The van der Waals surface area contributed by atoms with Crippen LogP contribution in [0.1, 0.15) is 25.7 Å². The molecule has 2 aliphatic heterocycles. The van der Waals surface area contributed by atoms with Gasteiger partial charge in [0.2, 0.25) is 0 Å². The molecule has 0 aromatic rings. The van der Waals surface area contributed by atoms with E-state index in [1.165, 1.54) is 38.8 Å². The smallest absolute Gasteiger partial charge is 0.0290 e. The molecule has 2 saturated heterocycles. The summed E-state index contributed by atoms with van der Waals surface area (Å²) >= 11 is 0. The Morgan fingerprint density at radius 2 is 1.91 bits per heavy atom. The fourth-order valence-corrected chi connectivity index (χ4v) is 2.15. The maximum Gasteiger partial charge on any atom is 0.0290 e. The number of hydrogen-bond acceptors (Lipinski definition) is 1. The van der Waals surface area contributed by atoms with Gasteiger partial charge in [-0.15, -0.1) is 0 Å². The van der Waals surface area contributed by atoms with Crippen molar-refractivity contribution >= 4 is 0 Å². The summed E-state index contributed by atoms with van der Waals surface area (Å²) in [5, 5.41) is 4.40. The van der Waals surface area contributed by atoms with Crippen molar-refractivity contribution in [1.82, 2.24) is 10.2 Å². The van der Waals surface area contributed by atoms with Crippen LogP contribution in [0.5, 0.6) is 0 Å².